The van der Waals surface area contributed by atoms with Gasteiger partial charge in [-0.15, -0.1) is 0 Å². The van der Waals surface area contributed by atoms with E-state index in [9.17, 15) is 8.42 Å². The number of sulfonamides is 1. The van der Waals surface area contributed by atoms with Crippen molar-refractivity contribution in [3.05, 3.63) is 22.2 Å². The van der Waals surface area contributed by atoms with E-state index in [1.54, 1.807) is 19.1 Å². The zero-order valence-electron chi connectivity index (χ0n) is 11.7. The molecule has 108 valence electrons. The Bertz CT molecular complexity index is 558. The molecule has 1 aromatic carbocycles. The van der Waals surface area contributed by atoms with Gasteiger partial charge in [-0.2, -0.15) is 0 Å². The van der Waals surface area contributed by atoms with Crippen molar-refractivity contribution in [2.45, 2.75) is 45.1 Å². The number of anilines is 1. The van der Waals surface area contributed by atoms with Gasteiger partial charge in [-0.1, -0.05) is 36.2 Å². The molecule has 0 amide bonds. The molecule has 0 saturated carbocycles. The number of nitrogens with one attached hydrogen (secondary N) is 1. The number of hydrogen-bond donors (Lipinski definition) is 2. The van der Waals surface area contributed by atoms with Crippen LogP contribution in [0.4, 0.5) is 5.69 Å². The van der Waals surface area contributed by atoms with E-state index in [1.165, 1.54) is 0 Å². The lowest BCUT2D eigenvalue weighted by atomic mass is 10.0. The van der Waals surface area contributed by atoms with Crippen LogP contribution in [0.3, 0.4) is 0 Å². The van der Waals surface area contributed by atoms with Gasteiger partial charge in [-0.3, -0.25) is 0 Å². The lowest BCUT2D eigenvalue weighted by molar-refractivity contribution is 0.434. The van der Waals surface area contributed by atoms with Crippen molar-refractivity contribution in [1.82, 2.24) is 4.72 Å². The van der Waals surface area contributed by atoms with Crippen LogP contribution in [0.25, 0.3) is 0 Å². The number of benzene rings is 1. The van der Waals surface area contributed by atoms with Crippen molar-refractivity contribution >= 4 is 31.6 Å². The fourth-order valence-corrected chi connectivity index (χ4v) is 4.01. The summed E-state index contributed by atoms with van der Waals surface area (Å²) in [6.07, 6.45) is 0.920. The van der Waals surface area contributed by atoms with Crippen molar-refractivity contribution in [3.63, 3.8) is 0 Å². The third-order valence-electron chi connectivity index (χ3n) is 3.49. The molecule has 3 N–H and O–H groups in total. The first-order chi connectivity index (χ1) is 8.69. The van der Waals surface area contributed by atoms with E-state index in [0.717, 1.165) is 6.42 Å². The predicted octanol–water partition coefficient (Wildman–Crippen LogP) is 3.05. The average Bonchev–Trinajstić information content (AvgIpc) is 2.31. The lowest BCUT2D eigenvalue weighted by Crippen LogP contribution is -2.37. The second kappa shape index (κ2) is 6.24. The summed E-state index contributed by atoms with van der Waals surface area (Å²) in [4.78, 5) is 0.231. The van der Waals surface area contributed by atoms with Crippen molar-refractivity contribution in [2.75, 3.05) is 5.73 Å². The van der Waals surface area contributed by atoms with Crippen molar-refractivity contribution in [3.8, 4) is 0 Å². The molecule has 0 saturated heterocycles. The molecular formula is C13H21BrN2O2S. The van der Waals surface area contributed by atoms with E-state index in [1.807, 2.05) is 20.8 Å². The molecule has 1 rings (SSSR count). The zero-order chi connectivity index (χ0) is 14.8. The summed E-state index contributed by atoms with van der Waals surface area (Å²) in [6, 6.07) is 3.17. The van der Waals surface area contributed by atoms with Crippen LogP contribution in [-0.4, -0.2) is 14.5 Å². The highest BCUT2D eigenvalue weighted by atomic mass is 79.9. The van der Waals surface area contributed by atoms with Gasteiger partial charge in [0.05, 0.1) is 4.90 Å². The topological polar surface area (TPSA) is 72.2 Å². The molecular weight excluding hydrogens is 328 g/mol. The van der Waals surface area contributed by atoms with E-state index < -0.39 is 10.0 Å². The molecule has 0 aliphatic carbocycles. The summed E-state index contributed by atoms with van der Waals surface area (Å²) < 4.78 is 28.2. The van der Waals surface area contributed by atoms with Gasteiger partial charge in [-0.05, 0) is 37.5 Å². The van der Waals surface area contributed by atoms with Gasteiger partial charge in [0.1, 0.15) is 0 Å². The molecule has 0 aromatic heterocycles. The van der Waals surface area contributed by atoms with Crippen LogP contribution in [0, 0.1) is 12.8 Å². The Balaban J connectivity index is 3.14. The number of nitrogen functional groups attached to an aromatic ring is 1. The third kappa shape index (κ3) is 3.94. The van der Waals surface area contributed by atoms with Crippen LogP contribution in [0.2, 0.25) is 0 Å². The molecule has 0 bridgehead atoms. The van der Waals surface area contributed by atoms with Crippen LogP contribution in [0.5, 0.6) is 0 Å². The summed E-state index contributed by atoms with van der Waals surface area (Å²) in [7, 11) is -3.55. The summed E-state index contributed by atoms with van der Waals surface area (Å²) in [6.45, 7) is 7.65. The first kappa shape index (κ1) is 16.5. The summed E-state index contributed by atoms with van der Waals surface area (Å²) >= 11 is 3.28. The van der Waals surface area contributed by atoms with Crippen LogP contribution in [0.15, 0.2) is 21.5 Å². The summed E-state index contributed by atoms with van der Waals surface area (Å²) in [5.74, 6) is 0.277. The molecule has 4 nitrogen and oxygen atoms in total. The molecule has 0 radical (unpaired) electrons. The van der Waals surface area contributed by atoms with Gasteiger partial charge >= 0.3 is 0 Å². The molecule has 2 atom stereocenters. The maximum absolute atomic E-state index is 12.4. The molecule has 0 aliphatic rings. The maximum Gasteiger partial charge on any atom is 0.241 e. The van der Waals surface area contributed by atoms with Crippen molar-refractivity contribution in [2.24, 2.45) is 5.92 Å². The van der Waals surface area contributed by atoms with Crippen LogP contribution >= 0.6 is 15.9 Å². The Morgan fingerprint density at radius 2 is 1.95 bits per heavy atom. The first-order valence-electron chi connectivity index (χ1n) is 6.27. The zero-order valence-corrected chi connectivity index (χ0v) is 14.1. The minimum absolute atomic E-state index is 0.116. The summed E-state index contributed by atoms with van der Waals surface area (Å²) in [5.41, 5.74) is 6.85. The second-order valence-electron chi connectivity index (χ2n) is 4.91. The highest BCUT2D eigenvalue weighted by Gasteiger charge is 2.23. The second-order valence-corrected chi connectivity index (χ2v) is 7.51. The Kier molecular flexibility index (Phi) is 5.41. The van der Waals surface area contributed by atoms with E-state index in [2.05, 4.69) is 20.7 Å². The fourth-order valence-electron chi connectivity index (χ4n) is 1.73. The van der Waals surface area contributed by atoms with Gasteiger partial charge in [-0.25, -0.2) is 13.1 Å². The Hall–Kier alpha value is -0.590. The minimum atomic E-state index is -3.55. The van der Waals surface area contributed by atoms with E-state index in [4.69, 9.17) is 5.73 Å². The molecule has 0 fully saturated rings. The first-order valence-corrected chi connectivity index (χ1v) is 8.54. The van der Waals surface area contributed by atoms with Gasteiger partial charge in [0.25, 0.3) is 0 Å². The minimum Gasteiger partial charge on any atom is -0.398 e. The van der Waals surface area contributed by atoms with Crippen LogP contribution < -0.4 is 10.5 Å². The molecule has 0 spiro atoms. The highest BCUT2D eigenvalue weighted by molar-refractivity contribution is 9.10. The van der Waals surface area contributed by atoms with Crippen molar-refractivity contribution < 1.29 is 8.42 Å². The Labute approximate surface area is 124 Å². The van der Waals surface area contributed by atoms with E-state index in [-0.39, 0.29) is 16.9 Å². The number of hydrogen-bond acceptors (Lipinski definition) is 3. The number of halogens is 1. The lowest BCUT2D eigenvalue weighted by Gasteiger charge is -2.21. The van der Waals surface area contributed by atoms with Gasteiger partial charge in [0, 0.05) is 16.2 Å². The predicted molar refractivity (Wildman–Crippen MR) is 82.5 cm³/mol. The molecule has 0 aliphatic heterocycles. The quantitative estimate of drug-likeness (QED) is 0.803. The van der Waals surface area contributed by atoms with Crippen LogP contribution in [-0.2, 0) is 10.0 Å². The molecule has 2 unspecified atom stereocenters. The fraction of sp³-hybridized carbons (Fsp3) is 0.538. The SMILES string of the molecule is CCC(C)C(C)NS(=O)(=O)c1cc(Br)cc(N)c1C. The molecule has 6 heteroatoms. The average molecular weight is 349 g/mol. The van der Waals surface area contributed by atoms with E-state index in [0.29, 0.717) is 15.7 Å². The van der Waals surface area contributed by atoms with Gasteiger partial charge in [0.2, 0.25) is 10.0 Å². The molecule has 19 heavy (non-hydrogen) atoms. The third-order valence-corrected chi connectivity index (χ3v) is 5.64. The molecule has 0 heterocycles. The highest BCUT2D eigenvalue weighted by Crippen LogP contribution is 2.26. The standard InChI is InChI=1S/C13H21BrN2O2S/c1-5-8(2)10(4)16-19(17,18)13-7-11(14)6-12(15)9(13)3/h6-8,10,16H,5,15H2,1-4H3. The summed E-state index contributed by atoms with van der Waals surface area (Å²) in [5, 5.41) is 0. The van der Waals surface area contributed by atoms with Gasteiger partial charge < -0.3 is 5.73 Å². The number of rotatable bonds is 5. The van der Waals surface area contributed by atoms with Gasteiger partial charge in [0.15, 0.2) is 0 Å². The Morgan fingerprint density at radius 3 is 2.47 bits per heavy atom. The van der Waals surface area contributed by atoms with E-state index >= 15 is 0 Å². The number of nitrogens with two attached hydrogens (primary N) is 1. The largest absolute Gasteiger partial charge is 0.398 e. The maximum atomic E-state index is 12.4. The molecule has 1 aromatic rings. The monoisotopic (exact) mass is 348 g/mol. The van der Waals surface area contributed by atoms with Crippen LogP contribution in [0.1, 0.15) is 32.8 Å². The smallest absolute Gasteiger partial charge is 0.241 e. The Morgan fingerprint density at radius 1 is 1.37 bits per heavy atom. The van der Waals surface area contributed by atoms with Crippen molar-refractivity contribution in [1.29, 1.82) is 0 Å². The normalized spacial score (nSPS) is 15.2.